The molecule has 0 aliphatic carbocycles. The molecule has 3 nitrogen and oxygen atoms in total. The maximum absolute atomic E-state index is 8.94. The summed E-state index contributed by atoms with van der Waals surface area (Å²) in [5.74, 6) is 1.49. The summed E-state index contributed by atoms with van der Waals surface area (Å²) < 4.78 is 6.28. The van der Waals surface area contributed by atoms with E-state index in [0.29, 0.717) is 11.3 Å². The predicted molar refractivity (Wildman–Crippen MR) is 79.2 cm³/mol. The summed E-state index contributed by atoms with van der Waals surface area (Å²) >= 11 is 5.07. The van der Waals surface area contributed by atoms with Crippen molar-refractivity contribution in [3.05, 3.63) is 52.1 Å². The van der Waals surface area contributed by atoms with Crippen LogP contribution in [0.4, 0.5) is 0 Å². The standard InChI is InChI=1S/C14H11BrN2OS/c1-18-13-5-4-10(8-16)7-11(13)9-19-14-12(15)3-2-6-17-14/h2-7H,9H2,1H3. The lowest BCUT2D eigenvalue weighted by molar-refractivity contribution is 0.411. The quantitative estimate of drug-likeness (QED) is 0.792. The van der Waals surface area contributed by atoms with Gasteiger partial charge in [-0.2, -0.15) is 5.26 Å². The van der Waals surface area contributed by atoms with Gasteiger partial charge in [0.25, 0.3) is 0 Å². The molecule has 19 heavy (non-hydrogen) atoms. The van der Waals surface area contributed by atoms with Gasteiger partial charge in [0.2, 0.25) is 0 Å². The molecule has 96 valence electrons. The van der Waals surface area contributed by atoms with Gasteiger partial charge in [-0.15, -0.1) is 11.8 Å². The fraction of sp³-hybridized carbons (Fsp3) is 0.143. The van der Waals surface area contributed by atoms with Crippen molar-refractivity contribution >= 4 is 27.7 Å². The van der Waals surface area contributed by atoms with Gasteiger partial charge < -0.3 is 4.74 Å². The van der Waals surface area contributed by atoms with Crippen molar-refractivity contribution in [1.29, 1.82) is 5.26 Å². The van der Waals surface area contributed by atoms with Crippen LogP contribution in [0, 0.1) is 11.3 Å². The van der Waals surface area contributed by atoms with Gasteiger partial charge in [0, 0.05) is 22.0 Å². The minimum Gasteiger partial charge on any atom is -0.496 e. The minimum atomic E-state index is 0.636. The second-order valence-electron chi connectivity index (χ2n) is 3.72. The molecule has 0 atom stereocenters. The maximum atomic E-state index is 8.94. The first-order valence-corrected chi connectivity index (χ1v) is 7.33. The van der Waals surface area contributed by atoms with E-state index < -0.39 is 0 Å². The zero-order valence-corrected chi connectivity index (χ0v) is 12.7. The Morgan fingerprint density at radius 1 is 1.42 bits per heavy atom. The molecule has 1 aromatic heterocycles. The zero-order chi connectivity index (χ0) is 13.7. The molecule has 0 aliphatic heterocycles. The molecule has 0 N–H and O–H groups in total. The van der Waals surface area contributed by atoms with Crippen LogP contribution in [-0.4, -0.2) is 12.1 Å². The lowest BCUT2D eigenvalue weighted by Gasteiger charge is -2.08. The highest BCUT2D eigenvalue weighted by Crippen LogP contribution is 2.31. The fourth-order valence-corrected chi connectivity index (χ4v) is 3.04. The molecule has 0 aliphatic rings. The lowest BCUT2D eigenvalue weighted by atomic mass is 10.1. The zero-order valence-electron chi connectivity index (χ0n) is 10.3. The fourth-order valence-electron chi connectivity index (χ4n) is 1.58. The Labute approximate surface area is 124 Å². The molecule has 0 amide bonds. The van der Waals surface area contributed by atoms with E-state index >= 15 is 0 Å². The van der Waals surface area contributed by atoms with Crippen LogP contribution in [0.1, 0.15) is 11.1 Å². The van der Waals surface area contributed by atoms with E-state index in [9.17, 15) is 0 Å². The number of aromatic nitrogens is 1. The van der Waals surface area contributed by atoms with E-state index in [1.165, 1.54) is 0 Å². The van der Waals surface area contributed by atoms with Crippen LogP contribution in [0.2, 0.25) is 0 Å². The van der Waals surface area contributed by atoms with Crippen molar-refractivity contribution in [3.63, 3.8) is 0 Å². The number of ether oxygens (including phenoxy) is 1. The molecule has 2 rings (SSSR count). The average Bonchev–Trinajstić information content (AvgIpc) is 2.46. The minimum absolute atomic E-state index is 0.636. The van der Waals surface area contributed by atoms with Gasteiger partial charge in [-0.05, 0) is 46.3 Å². The SMILES string of the molecule is COc1ccc(C#N)cc1CSc1ncccc1Br. The molecule has 0 unspecified atom stereocenters. The summed E-state index contributed by atoms with van der Waals surface area (Å²) in [4.78, 5) is 4.30. The number of pyridine rings is 1. The van der Waals surface area contributed by atoms with Crippen molar-refractivity contribution in [2.45, 2.75) is 10.8 Å². The van der Waals surface area contributed by atoms with Gasteiger partial charge in [0.05, 0.1) is 18.7 Å². The summed E-state index contributed by atoms with van der Waals surface area (Å²) in [5.41, 5.74) is 1.63. The largest absolute Gasteiger partial charge is 0.496 e. The van der Waals surface area contributed by atoms with Crippen molar-refractivity contribution in [2.24, 2.45) is 0 Å². The van der Waals surface area contributed by atoms with Crippen LogP contribution >= 0.6 is 27.7 Å². The monoisotopic (exact) mass is 334 g/mol. The van der Waals surface area contributed by atoms with Gasteiger partial charge in [-0.1, -0.05) is 0 Å². The summed E-state index contributed by atoms with van der Waals surface area (Å²) in [5, 5.41) is 9.86. The first-order valence-electron chi connectivity index (χ1n) is 5.55. The predicted octanol–water partition coefficient (Wildman–Crippen LogP) is 4.02. The van der Waals surface area contributed by atoms with Crippen LogP contribution in [0.5, 0.6) is 5.75 Å². The highest BCUT2D eigenvalue weighted by molar-refractivity contribution is 9.10. The summed E-state index contributed by atoms with van der Waals surface area (Å²) in [6, 6.07) is 11.4. The van der Waals surface area contributed by atoms with Crippen LogP contribution in [0.3, 0.4) is 0 Å². The molecule has 0 bridgehead atoms. The third-order valence-corrected chi connectivity index (χ3v) is 4.46. The van der Waals surface area contributed by atoms with Crippen molar-refractivity contribution < 1.29 is 4.74 Å². The van der Waals surface area contributed by atoms with Gasteiger partial charge in [-0.3, -0.25) is 0 Å². The third kappa shape index (κ3) is 3.49. The number of thioether (sulfide) groups is 1. The van der Waals surface area contributed by atoms with Gasteiger partial charge >= 0.3 is 0 Å². The second-order valence-corrected chi connectivity index (χ2v) is 5.54. The molecule has 1 heterocycles. The third-order valence-electron chi connectivity index (χ3n) is 2.50. The topological polar surface area (TPSA) is 45.9 Å². The van der Waals surface area contributed by atoms with E-state index in [4.69, 9.17) is 10.00 Å². The number of rotatable bonds is 4. The Kier molecular flexibility index (Phi) is 4.83. The summed E-state index contributed by atoms with van der Waals surface area (Å²) in [6.45, 7) is 0. The first kappa shape index (κ1) is 13.9. The highest BCUT2D eigenvalue weighted by atomic mass is 79.9. The van der Waals surface area contributed by atoms with Crippen LogP contribution < -0.4 is 4.74 Å². The molecule has 1 aromatic carbocycles. The molecule has 0 saturated carbocycles. The maximum Gasteiger partial charge on any atom is 0.122 e. The normalized spacial score (nSPS) is 9.95. The Hall–Kier alpha value is -1.51. The molecule has 0 radical (unpaired) electrons. The van der Waals surface area contributed by atoms with Crippen LogP contribution in [0.25, 0.3) is 0 Å². The van der Waals surface area contributed by atoms with Gasteiger partial charge in [-0.25, -0.2) is 4.98 Å². The Balaban J connectivity index is 2.19. The summed E-state index contributed by atoms with van der Waals surface area (Å²) in [6.07, 6.45) is 1.76. The van der Waals surface area contributed by atoms with E-state index in [2.05, 4.69) is 27.0 Å². The Morgan fingerprint density at radius 3 is 2.95 bits per heavy atom. The van der Waals surface area contributed by atoms with Gasteiger partial charge in [0.15, 0.2) is 0 Å². The number of halogens is 1. The molecule has 0 fully saturated rings. The highest BCUT2D eigenvalue weighted by Gasteiger charge is 2.07. The van der Waals surface area contributed by atoms with Crippen LogP contribution in [0.15, 0.2) is 46.0 Å². The second kappa shape index (κ2) is 6.60. The molecule has 5 heteroatoms. The van der Waals surface area contributed by atoms with Crippen molar-refractivity contribution in [1.82, 2.24) is 4.98 Å². The first-order chi connectivity index (χ1) is 9.24. The number of nitrogens with zero attached hydrogens (tertiary/aromatic N) is 2. The number of benzene rings is 1. The molecule has 0 spiro atoms. The van der Waals surface area contributed by atoms with E-state index in [1.807, 2.05) is 24.3 Å². The summed E-state index contributed by atoms with van der Waals surface area (Å²) in [7, 11) is 1.63. The molecule has 0 saturated heterocycles. The number of methoxy groups -OCH3 is 1. The number of nitriles is 1. The van der Waals surface area contributed by atoms with Crippen molar-refractivity contribution in [2.75, 3.05) is 7.11 Å². The average molecular weight is 335 g/mol. The smallest absolute Gasteiger partial charge is 0.122 e. The van der Waals surface area contributed by atoms with E-state index in [-0.39, 0.29) is 0 Å². The lowest BCUT2D eigenvalue weighted by Crippen LogP contribution is -1.92. The van der Waals surface area contributed by atoms with Gasteiger partial charge in [0.1, 0.15) is 10.8 Å². The Morgan fingerprint density at radius 2 is 2.26 bits per heavy atom. The van der Waals surface area contributed by atoms with Crippen LogP contribution in [-0.2, 0) is 5.75 Å². The van der Waals surface area contributed by atoms with Crippen molar-refractivity contribution in [3.8, 4) is 11.8 Å². The molecular formula is C14H11BrN2OS. The molecule has 2 aromatic rings. The van der Waals surface area contributed by atoms with E-state index in [0.717, 1.165) is 20.8 Å². The number of hydrogen-bond acceptors (Lipinski definition) is 4. The number of hydrogen-bond donors (Lipinski definition) is 0. The Bertz CT molecular complexity index is 625. The molecular weight excluding hydrogens is 324 g/mol. The van der Waals surface area contributed by atoms with E-state index in [1.54, 1.807) is 31.1 Å².